The summed E-state index contributed by atoms with van der Waals surface area (Å²) in [5.41, 5.74) is 1.53. The molecule has 1 heterocycles. The van der Waals surface area contributed by atoms with Crippen LogP contribution in [0.2, 0.25) is 0 Å². The molecule has 9 nitrogen and oxygen atoms in total. The van der Waals surface area contributed by atoms with Gasteiger partial charge in [0.25, 0.3) is 5.89 Å². The van der Waals surface area contributed by atoms with E-state index in [9.17, 15) is 13.2 Å². The second-order valence-corrected chi connectivity index (χ2v) is 9.27. The Hall–Kier alpha value is -3.24. The molecule has 0 N–H and O–H groups in total. The highest BCUT2D eigenvalue weighted by Crippen LogP contribution is 2.27. The monoisotopic (exact) mass is 487 g/mol. The van der Waals surface area contributed by atoms with E-state index in [0.29, 0.717) is 43.3 Å². The quantitative estimate of drug-likeness (QED) is 0.354. The lowest BCUT2D eigenvalue weighted by Crippen LogP contribution is -2.30. The lowest BCUT2D eigenvalue weighted by Gasteiger charge is -2.18. The molecule has 2 aromatic carbocycles. The number of aromatic nitrogens is 2. The maximum atomic E-state index is 12.6. The van der Waals surface area contributed by atoms with Gasteiger partial charge in [-0.2, -0.15) is 9.29 Å². The Kier molecular flexibility index (Phi) is 8.78. The second-order valence-electron chi connectivity index (χ2n) is 7.33. The van der Waals surface area contributed by atoms with E-state index < -0.39 is 16.0 Å². The van der Waals surface area contributed by atoms with Crippen molar-refractivity contribution in [3.63, 3.8) is 0 Å². The van der Waals surface area contributed by atoms with Gasteiger partial charge in [-0.15, -0.1) is 0 Å². The molecule has 10 heteroatoms. The second kappa shape index (κ2) is 11.8. The average molecular weight is 488 g/mol. The summed E-state index contributed by atoms with van der Waals surface area (Å²) in [5.74, 6) is 0.759. The molecule has 0 amide bonds. The van der Waals surface area contributed by atoms with Crippen molar-refractivity contribution in [2.24, 2.45) is 0 Å². The molecule has 0 radical (unpaired) electrons. The molecule has 0 saturated heterocycles. The van der Waals surface area contributed by atoms with Crippen LogP contribution in [0.15, 0.2) is 57.9 Å². The number of rotatable bonds is 12. The lowest BCUT2D eigenvalue weighted by molar-refractivity contribution is -0.145. The van der Waals surface area contributed by atoms with Crippen LogP contribution >= 0.6 is 0 Å². The topological polar surface area (TPSA) is 112 Å². The Morgan fingerprint density at radius 3 is 2.41 bits per heavy atom. The molecule has 34 heavy (non-hydrogen) atoms. The van der Waals surface area contributed by atoms with Crippen molar-refractivity contribution < 1.29 is 27.2 Å². The molecule has 0 fully saturated rings. The van der Waals surface area contributed by atoms with Gasteiger partial charge in [-0.3, -0.25) is 4.79 Å². The molecule has 0 bridgehead atoms. The van der Waals surface area contributed by atoms with Gasteiger partial charge in [0.1, 0.15) is 5.75 Å². The minimum Gasteiger partial charge on any atom is -0.493 e. The number of para-hydroxylation sites is 1. The van der Waals surface area contributed by atoms with Crippen LogP contribution in [-0.4, -0.2) is 48.5 Å². The fourth-order valence-electron chi connectivity index (χ4n) is 3.36. The minimum atomic E-state index is -3.50. The third-order valence-electron chi connectivity index (χ3n) is 5.14. The number of hydrogen-bond acceptors (Lipinski definition) is 8. The Morgan fingerprint density at radius 1 is 1.03 bits per heavy atom. The predicted molar refractivity (Wildman–Crippen MR) is 126 cm³/mol. The van der Waals surface area contributed by atoms with E-state index in [4.69, 9.17) is 14.0 Å². The van der Waals surface area contributed by atoms with E-state index in [1.165, 1.54) is 4.31 Å². The number of sulfonamides is 1. The van der Waals surface area contributed by atoms with Gasteiger partial charge in [0, 0.05) is 19.5 Å². The third kappa shape index (κ3) is 6.21. The Bertz CT molecular complexity index is 1190. The first-order chi connectivity index (χ1) is 16.4. The van der Waals surface area contributed by atoms with Gasteiger partial charge in [-0.25, -0.2) is 8.42 Å². The van der Waals surface area contributed by atoms with Crippen molar-refractivity contribution in [2.75, 3.05) is 19.7 Å². The van der Waals surface area contributed by atoms with E-state index in [1.807, 2.05) is 31.2 Å². The first kappa shape index (κ1) is 25.4. The van der Waals surface area contributed by atoms with E-state index in [0.717, 1.165) is 5.56 Å². The van der Waals surface area contributed by atoms with E-state index in [2.05, 4.69) is 10.1 Å². The van der Waals surface area contributed by atoms with Crippen LogP contribution in [0, 0.1) is 0 Å². The average Bonchev–Trinajstić information content (AvgIpc) is 3.32. The zero-order valence-electron chi connectivity index (χ0n) is 19.6. The molecule has 0 aliphatic rings. The van der Waals surface area contributed by atoms with Gasteiger partial charge in [-0.1, -0.05) is 43.3 Å². The SMILES string of the molecule is CCOc1ccccc1-c1noc(COC(=O)CCc2ccc(S(=O)(=O)N(CC)CC)cc2)n1. The van der Waals surface area contributed by atoms with Crippen LogP contribution in [0.3, 0.4) is 0 Å². The predicted octanol–water partition coefficient (Wildman–Crippen LogP) is 3.84. The number of nitrogens with zero attached hydrogens (tertiary/aromatic N) is 3. The first-order valence-corrected chi connectivity index (χ1v) is 12.6. The summed E-state index contributed by atoms with van der Waals surface area (Å²) < 4.78 is 42.5. The number of carbonyl (C=O) groups is 1. The molecule has 0 aliphatic carbocycles. The smallest absolute Gasteiger partial charge is 0.306 e. The van der Waals surface area contributed by atoms with Crippen molar-refractivity contribution in [1.82, 2.24) is 14.4 Å². The van der Waals surface area contributed by atoms with Crippen molar-refractivity contribution in [1.29, 1.82) is 0 Å². The molecule has 0 aliphatic heterocycles. The van der Waals surface area contributed by atoms with Crippen molar-refractivity contribution in [3.05, 3.63) is 60.0 Å². The van der Waals surface area contributed by atoms with Crippen LogP contribution in [0.1, 0.15) is 38.6 Å². The summed E-state index contributed by atoms with van der Waals surface area (Å²) in [6.45, 7) is 6.68. The van der Waals surface area contributed by atoms with Crippen LogP contribution < -0.4 is 4.74 Å². The fourth-order valence-corrected chi connectivity index (χ4v) is 4.82. The number of ether oxygens (including phenoxy) is 2. The summed E-state index contributed by atoms with van der Waals surface area (Å²) in [5, 5.41) is 3.94. The highest BCUT2D eigenvalue weighted by molar-refractivity contribution is 7.89. The highest BCUT2D eigenvalue weighted by atomic mass is 32.2. The molecular weight excluding hydrogens is 458 g/mol. The standard InChI is InChI=1S/C24H29N3O6S/c1-4-27(5-2)34(29,30)19-14-11-18(12-15-19)13-16-23(28)32-17-22-25-24(26-33-22)20-9-7-8-10-21(20)31-6-3/h7-12,14-15H,4-6,13,16-17H2,1-3H3. The third-order valence-corrected chi connectivity index (χ3v) is 7.20. The Labute approximate surface area is 199 Å². The fraction of sp³-hybridized carbons (Fsp3) is 0.375. The molecule has 3 rings (SSSR count). The first-order valence-electron chi connectivity index (χ1n) is 11.2. The summed E-state index contributed by atoms with van der Waals surface area (Å²) in [6.07, 6.45) is 0.553. The molecule has 182 valence electrons. The number of carbonyl (C=O) groups excluding carboxylic acids is 1. The zero-order chi connectivity index (χ0) is 24.6. The maximum absolute atomic E-state index is 12.6. The van der Waals surface area contributed by atoms with Crippen LogP contribution in [0.5, 0.6) is 5.75 Å². The largest absolute Gasteiger partial charge is 0.493 e. The van der Waals surface area contributed by atoms with Gasteiger partial charge in [0.15, 0.2) is 6.61 Å². The summed E-state index contributed by atoms with van der Waals surface area (Å²) in [4.78, 5) is 16.7. The number of benzene rings is 2. The van der Waals surface area contributed by atoms with Gasteiger partial charge >= 0.3 is 5.97 Å². The van der Waals surface area contributed by atoms with Gasteiger partial charge in [0.2, 0.25) is 15.8 Å². The summed E-state index contributed by atoms with van der Waals surface area (Å²) >= 11 is 0. The molecular formula is C24H29N3O6S. The van der Waals surface area contributed by atoms with Crippen molar-refractivity contribution >= 4 is 16.0 Å². The summed E-state index contributed by atoms with van der Waals surface area (Å²) in [7, 11) is -3.50. The van der Waals surface area contributed by atoms with Crippen LogP contribution in [0.4, 0.5) is 0 Å². The van der Waals surface area contributed by atoms with Crippen LogP contribution in [0.25, 0.3) is 11.4 Å². The van der Waals surface area contributed by atoms with Gasteiger partial charge in [0.05, 0.1) is 17.1 Å². The van der Waals surface area contributed by atoms with E-state index >= 15 is 0 Å². The van der Waals surface area contributed by atoms with Crippen LogP contribution in [-0.2, 0) is 32.6 Å². The molecule has 3 aromatic rings. The minimum absolute atomic E-state index is 0.135. The zero-order valence-corrected chi connectivity index (χ0v) is 20.4. The highest BCUT2D eigenvalue weighted by Gasteiger charge is 2.21. The van der Waals surface area contributed by atoms with E-state index in [1.54, 1.807) is 38.1 Å². The molecule has 1 aromatic heterocycles. The number of esters is 1. The molecule has 0 atom stereocenters. The number of hydrogen-bond donors (Lipinski definition) is 0. The van der Waals surface area contributed by atoms with Gasteiger partial charge < -0.3 is 14.0 Å². The van der Waals surface area contributed by atoms with E-state index in [-0.39, 0.29) is 23.8 Å². The molecule has 0 spiro atoms. The Balaban J connectivity index is 1.52. The van der Waals surface area contributed by atoms with Crippen molar-refractivity contribution in [2.45, 2.75) is 45.1 Å². The normalized spacial score (nSPS) is 11.5. The van der Waals surface area contributed by atoms with Gasteiger partial charge in [-0.05, 0) is 43.2 Å². The summed E-state index contributed by atoms with van der Waals surface area (Å²) in [6, 6.07) is 13.9. The Morgan fingerprint density at radius 2 is 1.74 bits per heavy atom. The van der Waals surface area contributed by atoms with Crippen molar-refractivity contribution in [3.8, 4) is 17.1 Å². The molecule has 0 saturated carbocycles. The molecule has 0 unspecified atom stereocenters. The number of aryl methyl sites for hydroxylation is 1. The lowest BCUT2D eigenvalue weighted by atomic mass is 10.1. The maximum Gasteiger partial charge on any atom is 0.306 e.